The van der Waals surface area contributed by atoms with Gasteiger partial charge < -0.3 is 10.1 Å². The number of aromatic nitrogens is 1. The van der Waals surface area contributed by atoms with Gasteiger partial charge in [0.2, 0.25) is 9.84 Å². The Balaban J connectivity index is 1.80. The number of carbonyl (C=O) groups is 1. The number of halogens is 3. The SMILES string of the molecule is O=C(O)C(F)(C1Cc2[nH]c3ccc(Cl)cc3c2C1)S(=O)(=O)c1cccc(F)c1. The summed E-state index contributed by atoms with van der Waals surface area (Å²) < 4.78 is 55.0. The molecule has 0 amide bonds. The number of carboxylic acids is 1. The molecule has 1 aliphatic rings. The van der Waals surface area contributed by atoms with E-state index >= 15 is 4.39 Å². The molecular formula is C19H14ClF2NO4S. The Morgan fingerprint density at radius 1 is 1.21 bits per heavy atom. The van der Waals surface area contributed by atoms with Crippen molar-refractivity contribution in [3.63, 3.8) is 0 Å². The number of nitrogens with one attached hydrogen (secondary N) is 1. The van der Waals surface area contributed by atoms with Crippen molar-refractivity contribution in [3.8, 4) is 0 Å². The molecular weight excluding hydrogens is 412 g/mol. The molecule has 4 rings (SSSR count). The van der Waals surface area contributed by atoms with E-state index in [2.05, 4.69) is 4.98 Å². The van der Waals surface area contributed by atoms with Crippen molar-refractivity contribution in [2.45, 2.75) is 22.7 Å². The summed E-state index contributed by atoms with van der Waals surface area (Å²) in [5.74, 6) is -4.39. The number of aliphatic carboxylic acids is 1. The minimum Gasteiger partial charge on any atom is -0.478 e. The van der Waals surface area contributed by atoms with E-state index in [0.717, 1.165) is 23.7 Å². The van der Waals surface area contributed by atoms with Gasteiger partial charge in [-0.15, -0.1) is 0 Å². The first kappa shape index (κ1) is 18.9. The molecule has 2 aromatic carbocycles. The van der Waals surface area contributed by atoms with E-state index in [9.17, 15) is 22.7 Å². The van der Waals surface area contributed by atoms with E-state index in [1.54, 1.807) is 18.2 Å². The fraction of sp³-hybridized carbons (Fsp3) is 0.211. The van der Waals surface area contributed by atoms with Crippen LogP contribution in [0.4, 0.5) is 8.78 Å². The van der Waals surface area contributed by atoms with Crippen LogP contribution in [0.25, 0.3) is 10.9 Å². The van der Waals surface area contributed by atoms with Crippen LogP contribution in [0.3, 0.4) is 0 Å². The highest BCUT2D eigenvalue weighted by atomic mass is 35.5. The van der Waals surface area contributed by atoms with E-state index in [1.807, 2.05) is 0 Å². The summed E-state index contributed by atoms with van der Waals surface area (Å²) >= 11 is 6.01. The number of alkyl halides is 1. The van der Waals surface area contributed by atoms with Crippen molar-refractivity contribution in [1.29, 1.82) is 0 Å². The fourth-order valence-electron chi connectivity index (χ4n) is 3.83. The highest BCUT2D eigenvalue weighted by Gasteiger charge is 2.60. The Labute approximate surface area is 163 Å². The van der Waals surface area contributed by atoms with Crippen molar-refractivity contribution in [2.24, 2.45) is 5.92 Å². The Hall–Kier alpha value is -2.45. The summed E-state index contributed by atoms with van der Waals surface area (Å²) in [4.78, 5) is 14.2. The highest BCUT2D eigenvalue weighted by molar-refractivity contribution is 7.93. The second-order valence-electron chi connectivity index (χ2n) is 6.79. The summed E-state index contributed by atoms with van der Waals surface area (Å²) in [5.41, 5.74) is 1.96. The molecule has 9 heteroatoms. The second-order valence-corrected chi connectivity index (χ2v) is 9.30. The summed E-state index contributed by atoms with van der Waals surface area (Å²) in [6.45, 7) is 0. The molecule has 1 heterocycles. The van der Waals surface area contributed by atoms with Gasteiger partial charge >= 0.3 is 11.0 Å². The zero-order valence-corrected chi connectivity index (χ0v) is 15.8. The predicted molar refractivity (Wildman–Crippen MR) is 99.3 cm³/mol. The Bertz CT molecular complexity index is 1220. The zero-order chi connectivity index (χ0) is 20.3. The van der Waals surface area contributed by atoms with E-state index in [0.29, 0.717) is 27.7 Å². The average molecular weight is 426 g/mol. The van der Waals surface area contributed by atoms with E-state index in [-0.39, 0.29) is 12.8 Å². The lowest BCUT2D eigenvalue weighted by Gasteiger charge is -2.27. The van der Waals surface area contributed by atoms with Gasteiger partial charge in [0.05, 0.1) is 4.90 Å². The van der Waals surface area contributed by atoms with Crippen LogP contribution >= 0.6 is 11.6 Å². The Morgan fingerprint density at radius 3 is 2.64 bits per heavy atom. The first-order chi connectivity index (χ1) is 13.1. The molecule has 1 aliphatic carbocycles. The van der Waals surface area contributed by atoms with Crippen LogP contribution in [0.15, 0.2) is 47.4 Å². The third-order valence-corrected chi connectivity index (χ3v) is 7.57. The van der Waals surface area contributed by atoms with Gasteiger partial charge in [0, 0.05) is 27.5 Å². The van der Waals surface area contributed by atoms with Crippen LogP contribution in [-0.2, 0) is 27.5 Å². The van der Waals surface area contributed by atoms with Crippen molar-refractivity contribution in [3.05, 3.63) is 64.6 Å². The molecule has 146 valence electrons. The molecule has 3 aromatic rings. The van der Waals surface area contributed by atoms with Gasteiger partial charge in [0.25, 0.3) is 0 Å². The number of aromatic amines is 1. The fourth-order valence-corrected chi connectivity index (χ4v) is 5.70. The lowest BCUT2D eigenvalue weighted by atomic mass is 9.99. The predicted octanol–water partition coefficient (Wildman–Crippen LogP) is 3.90. The van der Waals surface area contributed by atoms with Gasteiger partial charge in [0.15, 0.2) is 0 Å². The number of rotatable bonds is 4. The summed E-state index contributed by atoms with van der Waals surface area (Å²) in [7, 11) is -5.01. The van der Waals surface area contributed by atoms with Gasteiger partial charge in [0.1, 0.15) is 5.82 Å². The third-order valence-electron chi connectivity index (χ3n) is 5.17. The van der Waals surface area contributed by atoms with Crippen LogP contribution in [-0.4, -0.2) is 29.5 Å². The zero-order valence-electron chi connectivity index (χ0n) is 14.2. The molecule has 0 aliphatic heterocycles. The average Bonchev–Trinajstić information content (AvgIpc) is 3.19. The van der Waals surface area contributed by atoms with Gasteiger partial charge in [-0.25, -0.2) is 22.0 Å². The molecule has 28 heavy (non-hydrogen) atoms. The molecule has 2 unspecified atom stereocenters. The largest absolute Gasteiger partial charge is 0.478 e. The second kappa shape index (κ2) is 6.28. The number of hydrogen-bond acceptors (Lipinski definition) is 3. The number of hydrogen-bond donors (Lipinski definition) is 2. The monoisotopic (exact) mass is 425 g/mol. The van der Waals surface area contributed by atoms with E-state index in [1.165, 1.54) is 0 Å². The van der Waals surface area contributed by atoms with Crippen LogP contribution in [0.1, 0.15) is 11.3 Å². The summed E-state index contributed by atoms with van der Waals surface area (Å²) in [6, 6.07) is 8.78. The van der Waals surface area contributed by atoms with E-state index < -0.39 is 37.4 Å². The standard InChI is InChI=1S/C19H14ClF2NO4S/c20-11-4-5-16-15(8-11)14-6-10(7-17(14)23-16)19(22,18(24)25)28(26,27)13-3-1-2-12(21)9-13/h1-5,8-10,23H,6-7H2,(H,24,25). The van der Waals surface area contributed by atoms with Gasteiger partial charge in [-0.1, -0.05) is 17.7 Å². The molecule has 0 saturated heterocycles. The molecule has 2 N–H and O–H groups in total. The Morgan fingerprint density at radius 2 is 1.96 bits per heavy atom. The van der Waals surface area contributed by atoms with E-state index in [4.69, 9.17) is 11.6 Å². The molecule has 5 nitrogen and oxygen atoms in total. The molecule has 2 atom stereocenters. The first-order valence-corrected chi connectivity index (χ1v) is 10.2. The number of fused-ring (bicyclic) bond motifs is 3. The maximum atomic E-state index is 15.8. The molecule has 0 fully saturated rings. The quantitative estimate of drug-likeness (QED) is 0.663. The van der Waals surface area contributed by atoms with Gasteiger partial charge in [-0.2, -0.15) is 0 Å². The van der Waals surface area contributed by atoms with Crippen LogP contribution < -0.4 is 0 Å². The minimum atomic E-state index is -5.01. The summed E-state index contributed by atoms with van der Waals surface area (Å²) in [6.07, 6.45) is -0.216. The molecule has 0 radical (unpaired) electrons. The molecule has 0 saturated carbocycles. The number of benzene rings is 2. The summed E-state index contributed by atoms with van der Waals surface area (Å²) in [5, 5.41) is 7.10. The van der Waals surface area contributed by atoms with Gasteiger partial charge in [-0.05, 0) is 54.8 Å². The van der Waals surface area contributed by atoms with Crippen molar-refractivity contribution in [1.82, 2.24) is 4.98 Å². The maximum absolute atomic E-state index is 15.8. The van der Waals surface area contributed by atoms with Crippen molar-refractivity contribution < 1.29 is 27.1 Å². The lowest BCUT2D eigenvalue weighted by Crippen LogP contribution is -2.49. The third kappa shape index (κ3) is 2.62. The van der Waals surface area contributed by atoms with Crippen molar-refractivity contribution in [2.75, 3.05) is 0 Å². The molecule has 1 aromatic heterocycles. The smallest absolute Gasteiger partial charge is 0.358 e. The van der Waals surface area contributed by atoms with Crippen LogP contribution in [0.2, 0.25) is 5.02 Å². The number of carboxylic acid groups (broad SMARTS) is 1. The number of H-pyrrole nitrogens is 1. The first-order valence-electron chi connectivity index (χ1n) is 8.36. The van der Waals surface area contributed by atoms with Crippen molar-refractivity contribution >= 4 is 38.3 Å². The maximum Gasteiger partial charge on any atom is 0.358 e. The number of sulfone groups is 1. The lowest BCUT2D eigenvalue weighted by molar-refractivity contribution is -0.147. The normalized spacial score (nSPS) is 18.8. The van der Waals surface area contributed by atoms with Gasteiger partial charge in [-0.3, -0.25) is 0 Å². The Kier molecular flexibility index (Phi) is 4.24. The molecule has 0 bridgehead atoms. The highest BCUT2D eigenvalue weighted by Crippen LogP contribution is 2.44. The van der Waals surface area contributed by atoms with Crippen LogP contribution in [0.5, 0.6) is 0 Å². The molecule has 0 spiro atoms. The van der Waals surface area contributed by atoms with Crippen LogP contribution in [0, 0.1) is 11.7 Å². The minimum absolute atomic E-state index is 0.104. The topological polar surface area (TPSA) is 87.2 Å².